The van der Waals surface area contributed by atoms with Crippen LogP contribution in [0.2, 0.25) is 0 Å². The maximum atomic E-state index is 11.9. The Kier molecular flexibility index (Phi) is 4.72. The molecule has 0 bridgehead atoms. The van der Waals surface area contributed by atoms with Crippen molar-refractivity contribution in [1.29, 1.82) is 0 Å². The molecule has 2 rings (SSSR count). The average molecular weight is 291 g/mol. The summed E-state index contributed by atoms with van der Waals surface area (Å²) in [5, 5.41) is 12.7. The van der Waals surface area contributed by atoms with E-state index in [0.29, 0.717) is 17.1 Å². The minimum absolute atomic E-state index is 0.00262. The second-order valence-electron chi connectivity index (χ2n) is 4.55. The van der Waals surface area contributed by atoms with Crippen molar-refractivity contribution in [1.82, 2.24) is 5.32 Å². The minimum Gasteiger partial charge on any atom is -0.454 e. The minimum atomic E-state index is -4.13. The number of benzene rings is 1. The molecule has 0 aliphatic carbocycles. The molecule has 1 aliphatic heterocycles. The zero-order valence-electron chi connectivity index (χ0n) is 10.7. The average Bonchev–Trinajstić information content (AvgIpc) is 2.83. The van der Waals surface area contributed by atoms with Crippen LogP contribution in [-0.4, -0.2) is 31.2 Å². The molecule has 20 heavy (non-hydrogen) atoms. The summed E-state index contributed by atoms with van der Waals surface area (Å²) in [4.78, 5) is 0. The van der Waals surface area contributed by atoms with Crippen molar-refractivity contribution in [2.75, 3.05) is 19.9 Å². The number of halogens is 3. The highest BCUT2D eigenvalue weighted by atomic mass is 19.4. The fraction of sp³-hybridized carbons (Fsp3) is 0.538. The summed E-state index contributed by atoms with van der Waals surface area (Å²) in [6.07, 6.45) is -5.75. The largest absolute Gasteiger partial charge is 0.454 e. The van der Waals surface area contributed by atoms with Crippen molar-refractivity contribution in [3.63, 3.8) is 0 Å². The van der Waals surface area contributed by atoms with Gasteiger partial charge in [0.1, 0.15) is 0 Å². The Morgan fingerprint density at radius 3 is 2.75 bits per heavy atom. The summed E-state index contributed by atoms with van der Waals surface area (Å²) >= 11 is 0. The van der Waals surface area contributed by atoms with Crippen molar-refractivity contribution < 1.29 is 27.8 Å². The summed E-state index contributed by atoms with van der Waals surface area (Å²) in [5.74, 6) is 1.19. The van der Waals surface area contributed by atoms with Gasteiger partial charge in [-0.3, -0.25) is 0 Å². The predicted octanol–water partition coefficient (Wildman–Crippen LogP) is 2.38. The highest BCUT2D eigenvalue weighted by Crippen LogP contribution is 2.34. The maximum Gasteiger partial charge on any atom is 0.389 e. The third kappa shape index (κ3) is 4.28. The third-order valence-corrected chi connectivity index (χ3v) is 2.93. The maximum absolute atomic E-state index is 11.9. The molecule has 1 unspecified atom stereocenters. The van der Waals surface area contributed by atoms with Crippen LogP contribution in [0, 0.1) is 0 Å². The summed E-state index contributed by atoms with van der Waals surface area (Å²) in [6, 6.07) is 5.07. The molecule has 0 radical (unpaired) electrons. The van der Waals surface area contributed by atoms with E-state index in [1.807, 2.05) is 0 Å². The first-order chi connectivity index (χ1) is 9.46. The Morgan fingerprint density at radius 1 is 1.25 bits per heavy atom. The number of fused-ring (bicyclic) bond motifs is 1. The lowest BCUT2D eigenvalue weighted by molar-refractivity contribution is -0.135. The van der Waals surface area contributed by atoms with Gasteiger partial charge < -0.3 is 19.9 Å². The van der Waals surface area contributed by atoms with Gasteiger partial charge >= 0.3 is 6.18 Å². The molecule has 0 spiro atoms. The number of ether oxygens (including phenoxy) is 2. The molecular formula is C13H16F3NO3. The first-order valence-corrected chi connectivity index (χ1v) is 6.31. The van der Waals surface area contributed by atoms with E-state index in [4.69, 9.17) is 9.47 Å². The van der Waals surface area contributed by atoms with Crippen molar-refractivity contribution >= 4 is 0 Å². The Morgan fingerprint density at radius 2 is 2.00 bits per heavy atom. The number of hydrogen-bond donors (Lipinski definition) is 2. The van der Waals surface area contributed by atoms with Gasteiger partial charge in [0.2, 0.25) is 6.79 Å². The Balaban J connectivity index is 1.73. The number of aliphatic hydroxyl groups is 1. The highest BCUT2D eigenvalue weighted by Gasteiger charge is 2.25. The number of hydrogen-bond acceptors (Lipinski definition) is 4. The van der Waals surface area contributed by atoms with Crippen LogP contribution in [0.5, 0.6) is 11.5 Å². The van der Waals surface area contributed by atoms with E-state index in [1.165, 1.54) is 0 Å². The highest BCUT2D eigenvalue weighted by molar-refractivity contribution is 5.45. The van der Waals surface area contributed by atoms with Crippen LogP contribution in [0.4, 0.5) is 13.2 Å². The second kappa shape index (κ2) is 6.32. The number of alkyl halides is 3. The first-order valence-electron chi connectivity index (χ1n) is 6.31. The molecule has 1 atom stereocenters. The van der Waals surface area contributed by atoms with Crippen LogP contribution in [0.15, 0.2) is 18.2 Å². The van der Waals surface area contributed by atoms with Gasteiger partial charge in [-0.2, -0.15) is 13.2 Å². The molecule has 0 fully saturated rings. The SMILES string of the molecule is OC(CNCCCC(F)(F)F)c1ccc2c(c1)OCO2. The van der Waals surface area contributed by atoms with Crippen LogP contribution >= 0.6 is 0 Å². The molecule has 1 aromatic carbocycles. The van der Waals surface area contributed by atoms with E-state index >= 15 is 0 Å². The van der Waals surface area contributed by atoms with E-state index in [9.17, 15) is 18.3 Å². The van der Waals surface area contributed by atoms with Gasteiger partial charge in [0.25, 0.3) is 0 Å². The number of aliphatic hydroxyl groups excluding tert-OH is 1. The Labute approximate surface area is 114 Å². The van der Waals surface area contributed by atoms with Gasteiger partial charge in [-0.05, 0) is 30.7 Å². The summed E-state index contributed by atoms with van der Waals surface area (Å²) < 4.78 is 46.1. The lowest BCUT2D eigenvalue weighted by Crippen LogP contribution is -2.23. The third-order valence-electron chi connectivity index (χ3n) is 2.93. The monoisotopic (exact) mass is 291 g/mol. The quantitative estimate of drug-likeness (QED) is 0.790. The zero-order valence-corrected chi connectivity index (χ0v) is 10.7. The number of rotatable bonds is 6. The van der Waals surface area contributed by atoms with E-state index in [2.05, 4.69) is 5.32 Å². The molecule has 4 nitrogen and oxygen atoms in total. The smallest absolute Gasteiger partial charge is 0.389 e. The van der Waals surface area contributed by atoms with E-state index in [-0.39, 0.29) is 26.3 Å². The fourth-order valence-corrected chi connectivity index (χ4v) is 1.89. The van der Waals surface area contributed by atoms with Gasteiger partial charge in [0, 0.05) is 13.0 Å². The second-order valence-corrected chi connectivity index (χ2v) is 4.55. The fourth-order valence-electron chi connectivity index (χ4n) is 1.89. The van der Waals surface area contributed by atoms with Gasteiger partial charge in [-0.15, -0.1) is 0 Å². The molecule has 112 valence electrons. The van der Waals surface area contributed by atoms with Crippen molar-refractivity contribution in [2.24, 2.45) is 0 Å². The molecule has 1 heterocycles. The molecular weight excluding hydrogens is 275 g/mol. The molecule has 0 saturated carbocycles. The van der Waals surface area contributed by atoms with Crippen LogP contribution in [0.3, 0.4) is 0 Å². The summed E-state index contributed by atoms with van der Waals surface area (Å²) in [5.41, 5.74) is 0.637. The van der Waals surface area contributed by atoms with E-state index < -0.39 is 18.7 Å². The number of nitrogens with one attached hydrogen (secondary N) is 1. The molecule has 1 aromatic rings. The molecule has 1 aliphatic rings. The van der Waals surface area contributed by atoms with Crippen LogP contribution in [-0.2, 0) is 0 Å². The van der Waals surface area contributed by atoms with Gasteiger partial charge in [-0.1, -0.05) is 6.07 Å². The topological polar surface area (TPSA) is 50.7 Å². The van der Waals surface area contributed by atoms with Crippen molar-refractivity contribution in [3.8, 4) is 11.5 Å². The van der Waals surface area contributed by atoms with E-state index in [0.717, 1.165) is 0 Å². The van der Waals surface area contributed by atoms with Crippen LogP contribution in [0.25, 0.3) is 0 Å². The molecule has 0 amide bonds. The molecule has 2 N–H and O–H groups in total. The predicted molar refractivity (Wildman–Crippen MR) is 65.7 cm³/mol. The molecule has 7 heteroatoms. The van der Waals surface area contributed by atoms with Gasteiger partial charge in [0.15, 0.2) is 11.5 Å². The zero-order chi connectivity index (χ0) is 14.6. The first kappa shape index (κ1) is 14.9. The van der Waals surface area contributed by atoms with Crippen LogP contribution in [0.1, 0.15) is 24.5 Å². The van der Waals surface area contributed by atoms with Crippen LogP contribution < -0.4 is 14.8 Å². The van der Waals surface area contributed by atoms with Crippen molar-refractivity contribution in [2.45, 2.75) is 25.1 Å². The van der Waals surface area contributed by atoms with Crippen molar-refractivity contribution in [3.05, 3.63) is 23.8 Å². The molecule has 0 saturated heterocycles. The Hall–Kier alpha value is -1.47. The molecule has 0 aromatic heterocycles. The normalized spacial score (nSPS) is 15.4. The summed E-state index contributed by atoms with van der Waals surface area (Å²) in [7, 11) is 0. The summed E-state index contributed by atoms with van der Waals surface area (Å²) in [6.45, 7) is 0.559. The van der Waals surface area contributed by atoms with Gasteiger partial charge in [0.05, 0.1) is 6.10 Å². The van der Waals surface area contributed by atoms with Gasteiger partial charge in [-0.25, -0.2) is 0 Å². The standard InChI is InChI=1S/C13H16F3NO3/c14-13(15,16)4-1-5-17-7-10(18)9-2-3-11-12(6-9)20-8-19-11/h2-3,6,10,17-18H,1,4-5,7-8H2. The lowest BCUT2D eigenvalue weighted by atomic mass is 10.1. The van der Waals surface area contributed by atoms with E-state index in [1.54, 1.807) is 18.2 Å². The lowest BCUT2D eigenvalue weighted by Gasteiger charge is -2.13. The Bertz CT molecular complexity index is 451.